The van der Waals surface area contributed by atoms with Crippen LogP contribution >= 0.6 is 0 Å². The molecule has 0 N–H and O–H groups in total. The Labute approximate surface area is 158 Å². The normalized spacial score (nSPS) is 21.1. The third kappa shape index (κ3) is 3.96. The van der Waals surface area contributed by atoms with Gasteiger partial charge >= 0.3 is 0 Å². The zero-order valence-electron chi connectivity index (χ0n) is 15.4. The van der Waals surface area contributed by atoms with Crippen LogP contribution in [0.3, 0.4) is 0 Å². The van der Waals surface area contributed by atoms with E-state index in [1.165, 1.54) is 0 Å². The molecule has 8 nitrogen and oxygen atoms in total. The number of aromatic nitrogens is 3. The molecule has 8 heteroatoms. The second-order valence-electron chi connectivity index (χ2n) is 7.05. The summed E-state index contributed by atoms with van der Waals surface area (Å²) in [6, 6.07) is 7.38. The first kappa shape index (κ1) is 17.9. The lowest BCUT2D eigenvalue weighted by Crippen LogP contribution is -2.67. The Morgan fingerprint density at radius 3 is 3.04 bits per heavy atom. The highest BCUT2D eigenvalue weighted by Crippen LogP contribution is 2.36. The highest BCUT2D eigenvalue weighted by atomic mass is 16.5. The standard InChI is InChI=1S/C19H24N4O4/c1-25-11-9-23-8-5-16(21-23)18(24)22-13-19(14-22)12-15(6-10-26-19)27-17-4-2-3-7-20-17/h2-5,7-8,15H,6,9-14H2,1H3. The Kier molecular flexibility index (Phi) is 5.09. The first-order valence-electron chi connectivity index (χ1n) is 9.21. The van der Waals surface area contributed by atoms with Crippen molar-refractivity contribution in [2.75, 3.05) is 33.4 Å². The molecule has 0 bridgehead atoms. The van der Waals surface area contributed by atoms with Crippen LogP contribution in [-0.4, -0.2) is 70.7 Å². The molecular weight excluding hydrogens is 348 g/mol. The number of hydrogen-bond acceptors (Lipinski definition) is 6. The van der Waals surface area contributed by atoms with Crippen molar-refractivity contribution in [3.63, 3.8) is 0 Å². The topological polar surface area (TPSA) is 78.7 Å². The van der Waals surface area contributed by atoms with Gasteiger partial charge in [0.15, 0.2) is 0 Å². The molecule has 4 heterocycles. The van der Waals surface area contributed by atoms with E-state index in [0.717, 1.165) is 12.8 Å². The summed E-state index contributed by atoms with van der Waals surface area (Å²) in [4.78, 5) is 18.6. The minimum Gasteiger partial charge on any atom is -0.474 e. The molecule has 2 aromatic rings. The van der Waals surface area contributed by atoms with E-state index in [0.29, 0.717) is 44.4 Å². The van der Waals surface area contributed by atoms with Gasteiger partial charge < -0.3 is 19.1 Å². The van der Waals surface area contributed by atoms with Crippen LogP contribution in [0.5, 0.6) is 5.88 Å². The second kappa shape index (κ2) is 7.66. The molecule has 0 radical (unpaired) electrons. The highest BCUT2D eigenvalue weighted by molar-refractivity contribution is 5.93. The van der Waals surface area contributed by atoms with Gasteiger partial charge in [0, 0.05) is 38.4 Å². The molecule has 4 rings (SSSR count). The summed E-state index contributed by atoms with van der Waals surface area (Å²) < 4.78 is 18.7. The molecule has 27 heavy (non-hydrogen) atoms. The molecule has 0 aliphatic carbocycles. The fraction of sp³-hybridized carbons (Fsp3) is 0.526. The number of likely N-dealkylation sites (tertiary alicyclic amines) is 1. The van der Waals surface area contributed by atoms with E-state index in [4.69, 9.17) is 14.2 Å². The van der Waals surface area contributed by atoms with Crippen molar-refractivity contribution >= 4 is 5.91 Å². The summed E-state index contributed by atoms with van der Waals surface area (Å²) in [5.74, 6) is 0.571. The Bertz CT molecular complexity index is 773. The van der Waals surface area contributed by atoms with Crippen molar-refractivity contribution < 1.29 is 19.0 Å². The fourth-order valence-electron chi connectivity index (χ4n) is 3.63. The molecule has 1 atom stereocenters. The first-order chi connectivity index (χ1) is 13.2. The minimum absolute atomic E-state index is 0.0548. The maximum atomic E-state index is 12.6. The average Bonchev–Trinajstić information content (AvgIpc) is 3.14. The Morgan fingerprint density at radius 1 is 1.37 bits per heavy atom. The number of pyridine rings is 1. The molecule has 2 aliphatic heterocycles. The van der Waals surface area contributed by atoms with Gasteiger partial charge in [0.25, 0.3) is 5.91 Å². The summed E-state index contributed by atoms with van der Waals surface area (Å²) in [5.41, 5.74) is 0.143. The summed E-state index contributed by atoms with van der Waals surface area (Å²) in [6.45, 7) is 2.96. The predicted octanol–water partition coefficient (Wildman–Crippen LogP) is 1.38. The van der Waals surface area contributed by atoms with E-state index in [2.05, 4.69) is 10.1 Å². The van der Waals surface area contributed by atoms with E-state index in [1.807, 2.05) is 18.2 Å². The third-order valence-electron chi connectivity index (χ3n) is 5.00. The van der Waals surface area contributed by atoms with Crippen LogP contribution < -0.4 is 4.74 Å². The number of amides is 1. The van der Waals surface area contributed by atoms with Crippen molar-refractivity contribution in [2.45, 2.75) is 31.1 Å². The third-order valence-corrected chi connectivity index (χ3v) is 5.00. The number of methoxy groups -OCH3 is 1. The van der Waals surface area contributed by atoms with Gasteiger partial charge in [-0.3, -0.25) is 9.48 Å². The van der Waals surface area contributed by atoms with E-state index in [9.17, 15) is 4.79 Å². The summed E-state index contributed by atoms with van der Waals surface area (Å²) in [5, 5.41) is 4.33. The summed E-state index contributed by atoms with van der Waals surface area (Å²) in [7, 11) is 1.64. The highest BCUT2D eigenvalue weighted by Gasteiger charge is 2.50. The molecule has 0 aromatic carbocycles. The van der Waals surface area contributed by atoms with Gasteiger partial charge in [0.2, 0.25) is 5.88 Å². The molecule has 1 amide bonds. The van der Waals surface area contributed by atoms with E-state index < -0.39 is 0 Å². The quantitative estimate of drug-likeness (QED) is 0.762. The maximum Gasteiger partial charge on any atom is 0.274 e. The number of ether oxygens (including phenoxy) is 3. The number of hydrogen-bond donors (Lipinski definition) is 0. The van der Waals surface area contributed by atoms with Crippen molar-refractivity contribution in [2.24, 2.45) is 0 Å². The van der Waals surface area contributed by atoms with Gasteiger partial charge in [0.1, 0.15) is 17.4 Å². The van der Waals surface area contributed by atoms with Gasteiger partial charge in [-0.05, 0) is 12.1 Å². The van der Waals surface area contributed by atoms with Crippen molar-refractivity contribution in [1.29, 1.82) is 0 Å². The summed E-state index contributed by atoms with van der Waals surface area (Å²) in [6.07, 6.45) is 5.17. The molecule has 0 saturated carbocycles. The molecular formula is C19H24N4O4. The lowest BCUT2D eigenvalue weighted by atomic mass is 9.84. The molecule has 1 unspecified atom stereocenters. The van der Waals surface area contributed by atoms with E-state index in [-0.39, 0.29) is 17.6 Å². The molecule has 2 saturated heterocycles. The van der Waals surface area contributed by atoms with Crippen molar-refractivity contribution in [1.82, 2.24) is 19.7 Å². The lowest BCUT2D eigenvalue weighted by Gasteiger charge is -2.52. The maximum absolute atomic E-state index is 12.6. The van der Waals surface area contributed by atoms with Crippen LogP contribution in [0.2, 0.25) is 0 Å². The number of nitrogens with zero attached hydrogens (tertiary/aromatic N) is 4. The zero-order valence-corrected chi connectivity index (χ0v) is 15.4. The van der Waals surface area contributed by atoms with Crippen molar-refractivity contribution in [3.05, 3.63) is 42.4 Å². The molecule has 2 aliphatic rings. The second-order valence-corrected chi connectivity index (χ2v) is 7.05. The lowest BCUT2D eigenvalue weighted by molar-refractivity contribution is -0.174. The van der Waals surface area contributed by atoms with Crippen LogP contribution in [0, 0.1) is 0 Å². The Morgan fingerprint density at radius 2 is 2.26 bits per heavy atom. The van der Waals surface area contributed by atoms with Gasteiger partial charge in [-0.2, -0.15) is 5.10 Å². The first-order valence-corrected chi connectivity index (χ1v) is 9.21. The van der Waals surface area contributed by atoms with Gasteiger partial charge in [-0.1, -0.05) is 6.07 Å². The van der Waals surface area contributed by atoms with Gasteiger partial charge in [-0.25, -0.2) is 4.98 Å². The van der Waals surface area contributed by atoms with Crippen LogP contribution in [0.25, 0.3) is 0 Å². The van der Waals surface area contributed by atoms with Crippen LogP contribution in [0.4, 0.5) is 0 Å². The number of carbonyl (C=O) groups excluding carboxylic acids is 1. The Balaban J connectivity index is 1.32. The fourth-order valence-corrected chi connectivity index (χ4v) is 3.63. The van der Waals surface area contributed by atoms with E-state index in [1.54, 1.807) is 35.2 Å². The monoisotopic (exact) mass is 372 g/mol. The summed E-state index contributed by atoms with van der Waals surface area (Å²) >= 11 is 0. The largest absolute Gasteiger partial charge is 0.474 e. The predicted molar refractivity (Wildman–Crippen MR) is 96.6 cm³/mol. The van der Waals surface area contributed by atoms with Crippen molar-refractivity contribution in [3.8, 4) is 5.88 Å². The van der Waals surface area contributed by atoms with Crippen LogP contribution in [-0.2, 0) is 16.0 Å². The van der Waals surface area contributed by atoms with Gasteiger partial charge in [0.05, 0.1) is 32.8 Å². The zero-order chi connectivity index (χ0) is 18.7. The molecule has 1 spiro atoms. The van der Waals surface area contributed by atoms with Gasteiger partial charge in [-0.15, -0.1) is 0 Å². The SMILES string of the molecule is COCCn1ccc(C(=O)N2CC3(CC(Oc4ccccn4)CCO3)C2)n1. The molecule has 144 valence electrons. The molecule has 2 aromatic heterocycles. The van der Waals surface area contributed by atoms with Crippen LogP contribution in [0.1, 0.15) is 23.3 Å². The molecule has 2 fully saturated rings. The van der Waals surface area contributed by atoms with E-state index >= 15 is 0 Å². The number of carbonyl (C=O) groups is 1. The van der Waals surface area contributed by atoms with Crippen LogP contribution in [0.15, 0.2) is 36.7 Å². The Hall–Kier alpha value is -2.45. The number of rotatable bonds is 6. The average molecular weight is 372 g/mol. The minimum atomic E-state index is -0.314. The smallest absolute Gasteiger partial charge is 0.274 e.